The average molecular weight is 220 g/mol. The maximum absolute atomic E-state index is 11.9. The molecule has 1 saturated carbocycles. The SMILES string of the molecule is O=C(NCc1ccco1)[C@H]1N[C@H]2CC[C@H]1C2. The van der Waals surface area contributed by atoms with E-state index in [9.17, 15) is 4.79 Å². The van der Waals surface area contributed by atoms with Crippen LogP contribution in [-0.2, 0) is 11.3 Å². The molecule has 16 heavy (non-hydrogen) atoms. The highest BCUT2D eigenvalue weighted by atomic mass is 16.3. The number of nitrogens with one attached hydrogen (secondary N) is 2. The second kappa shape index (κ2) is 3.94. The van der Waals surface area contributed by atoms with Crippen molar-refractivity contribution in [3.8, 4) is 0 Å². The van der Waals surface area contributed by atoms with Crippen molar-refractivity contribution in [3.05, 3.63) is 24.2 Å². The number of hydrogen-bond donors (Lipinski definition) is 2. The van der Waals surface area contributed by atoms with E-state index in [0.717, 1.165) is 5.76 Å². The molecule has 3 atom stereocenters. The number of rotatable bonds is 3. The molecule has 1 aliphatic heterocycles. The second-order valence-corrected chi connectivity index (χ2v) is 4.71. The minimum atomic E-state index is 0.0220. The molecule has 4 nitrogen and oxygen atoms in total. The second-order valence-electron chi connectivity index (χ2n) is 4.71. The van der Waals surface area contributed by atoms with Crippen LogP contribution in [0.15, 0.2) is 22.8 Å². The van der Waals surface area contributed by atoms with Gasteiger partial charge in [0.25, 0.3) is 0 Å². The van der Waals surface area contributed by atoms with E-state index in [2.05, 4.69) is 10.6 Å². The highest BCUT2D eigenvalue weighted by molar-refractivity contribution is 5.82. The van der Waals surface area contributed by atoms with E-state index in [4.69, 9.17) is 4.42 Å². The summed E-state index contributed by atoms with van der Waals surface area (Å²) in [5.74, 6) is 1.46. The number of hydrogen-bond acceptors (Lipinski definition) is 3. The normalized spacial score (nSPS) is 31.9. The Kier molecular flexibility index (Phi) is 2.44. The molecule has 2 N–H and O–H groups in total. The topological polar surface area (TPSA) is 54.3 Å². The molecular weight excluding hydrogens is 204 g/mol. The molecule has 1 aliphatic carbocycles. The molecule has 1 aromatic heterocycles. The van der Waals surface area contributed by atoms with Gasteiger partial charge in [0.05, 0.1) is 18.8 Å². The van der Waals surface area contributed by atoms with Crippen LogP contribution < -0.4 is 10.6 Å². The third-order valence-electron chi connectivity index (χ3n) is 3.66. The summed E-state index contributed by atoms with van der Waals surface area (Å²) in [6, 6.07) is 4.30. The van der Waals surface area contributed by atoms with E-state index in [-0.39, 0.29) is 11.9 Å². The molecule has 2 fully saturated rings. The molecule has 1 amide bonds. The van der Waals surface area contributed by atoms with Crippen LogP contribution in [-0.4, -0.2) is 18.0 Å². The lowest BCUT2D eigenvalue weighted by Gasteiger charge is -2.21. The minimum Gasteiger partial charge on any atom is -0.467 e. The van der Waals surface area contributed by atoms with E-state index in [1.807, 2.05) is 12.1 Å². The Balaban J connectivity index is 1.54. The molecule has 1 saturated heterocycles. The van der Waals surface area contributed by atoms with Crippen LogP contribution in [0.1, 0.15) is 25.0 Å². The minimum absolute atomic E-state index is 0.0220. The Morgan fingerprint density at radius 2 is 2.50 bits per heavy atom. The summed E-state index contributed by atoms with van der Waals surface area (Å²) < 4.78 is 5.17. The van der Waals surface area contributed by atoms with Crippen LogP contribution >= 0.6 is 0 Å². The van der Waals surface area contributed by atoms with Gasteiger partial charge >= 0.3 is 0 Å². The standard InChI is InChI=1S/C12H16N2O2/c15-12(13-7-10-2-1-5-16-10)11-8-3-4-9(6-8)14-11/h1-2,5,8-9,11,14H,3-4,6-7H2,(H,13,15)/t8-,9-,11-/m0/s1. The number of piperidine rings is 1. The third-order valence-corrected chi connectivity index (χ3v) is 3.66. The van der Waals surface area contributed by atoms with Crippen molar-refractivity contribution in [2.24, 2.45) is 5.92 Å². The molecule has 2 aliphatic rings. The van der Waals surface area contributed by atoms with E-state index >= 15 is 0 Å². The first kappa shape index (κ1) is 9.90. The van der Waals surface area contributed by atoms with Crippen molar-refractivity contribution in [3.63, 3.8) is 0 Å². The summed E-state index contributed by atoms with van der Waals surface area (Å²) in [6.45, 7) is 0.487. The van der Waals surface area contributed by atoms with E-state index in [1.54, 1.807) is 6.26 Å². The summed E-state index contributed by atoms with van der Waals surface area (Å²) in [6.07, 6.45) is 5.21. The lowest BCUT2D eigenvalue weighted by Crippen LogP contribution is -2.47. The first-order valence-electron chi connectivity index (χ1n) is 5.89. The van der Waals surface area contributed by atoms with Crippen molar-refractivity contribution < 1.29 is 9.21 Å². The molecule has 3 rings (SSSR count). The fourth-order valence-corrected chi connectivity index (χ4v) is 2.85. The Labute approximate surface area is 94.4 Å². The fourth-order valence-electron chi connectivity index (χ4n) is 2.85. The van der Waals surface area contributed by atoms with Gasteiger partial charge in [0.1, 0.15) is 5.76 Å². The third kappa shape index (κ3) is 1.73. The predicted octanol–water partition coefficient (Wildman–Crippen LogP) is 1.04. The van der Waals surface area contributed by atoms with Crippen molar-refractivity contribution in [1.82, 2.24) is 10.6 Å². The van der Waals surface area contributed by atoms with Crippen LogP contribution in [0, 0.1) is 5.92 Å². The summed E-state index contributed by atoms with van der Waals surface area (Å²) in [7, 11) is 0. The van der Waals surface area contributed by atoms with Crippen LogP contribution in [0.25, 0.3) is 0 Å². The predicted molar refractivity (Wildman–Crippen MR) is 58.6 cm³/mol. The lowest BCUT2D eigenvalue weighted by molar-refractivity contribution is -0.124. The number of fused-ring (bicyclic) bond motifs is 2. The molecule has 2 bridgehead atoms. The molecule has 2 heterocycles. The maximum Gasteiger partial charge on any atom is 0.237 e. The first-order valence-corrected chi connectivity index (χ1v) is 5.89. The van der Waals surface area contributed by atoms with Gasteiger partial charge in [0.2, 0.25) is 5.91 Å². The Morgan fingerprint density at radius 3 is 3.12 bits per heavy atom. The monoisotopic (exact) mass is 220 g/mol. The van der Waals surface area contributed by atoms with Gasteiger partial charge in [0, 0.05) is 6.04 Å². The summed E-state index contributed by atoms with van der Waals surface area (Å²) in [5.41, 5.74) is 0. The molecule has 0 spiro atoms. The molecule has 0 unspecified atom stereocenters. The van der Waals surface area contributed by atoms with Gasteiger partial charge in [-0.25, -0.2) is 0 Å². The van der Waals surface area contributed by atoms with Crippen LogP contribution in [0.2, 0.25) is 0 Å². The van der Waals surface area contributed by atoms with Crippen LogP contribution in [0.5, 0.6) is 0 Å². The Morgan fingerprint density at radius 1 is 1.56 bits per heavy atom. The maximum atomic E-state index is 11.9. The van der Waals surface area contributed by atoms with Crippen molar-refractivity contribution in [2.75, 3.05) is 0 Å². The average Bonchev–Trinajstić information content (AvgIpc) is 3.01. The van der Waals surface area contributed by atoms with E-state index in [1.165, 1.54) is 19.3 Å². The number of furan rings is 1. The van der Waals surface area contributed by atoms with Gasteiger partial charge in [-0.15, -0.1) is 0 Å². The van der Waals surface area contributed by atoms with Gasteiger partial charge < -0.3 is 15.1 Å². The van der Waals surface area contributed by atoms with Gasteiger partial charge in [-0.3, -0.25) is 4.79 Å². The molecule has 86 valence electrons. The highest BCUT2D eigenvalue weighted by Gasteiger charge is 2.42. The molecule has 1 aromatic rings. The smallest absolute Gasteiger partial charge is 0.237 e. The first-order chi connectivity index (χ1) is 7.83. The largest absolute Gasteiger partial charge is 0.467 e. The molecule has 0 aromatic carbocycles. The zero-order valence-electron chi connectivity index (χ0n) is 9.11. The number of carbonyl (C=O) groups is 1. The molecule has 0 radical (unpaired) electrons. The summed E-state index contributed by atoms with van der Waals surface area (Å²) >= 11 is 0. The van der Waals surface area contributed by atoms with E-state index < -0.39 is 0 Å². The number of amides is 1. The highest BCUT2D eigenvalue weighted by Crippen LogP contribution is 2.35. The van der Waals surface area contributed by atoms with Gasteiger partial charge in [-0.2, -0.15) is 0 Å². The zero-order valence-corrected chi connectivity index (χ0v) is 9.11. The lowest BCUT2D eigenvalue weighted by atomic mass is 9.99. The Hall–Kier alpha value is -1.29. The van der Waals surface area contributed by atoms with Gasteiger partial charge in [0.15, 0.2) is 0 Å². The van der Waals surface area contributed by atoms with Crippen molar-refractivity contribution in [1.29, 1.82) is 0 Å². The Bertz CT molecular complexity index is 374. The van der Waals surface area contributed by atoms with Crippen molar-refractivity contribution >= 4 is 5.91 Å². The summed E-state index contributed by atoms with van der Waals surface area (Å²) in [5, 5.41) is 6.29. The zero-order chi connectivity index (χ0) is 11.0. The molecule has 4 heteroatoms. The van der Waals surface area contributed by atoms with Crippen molar-refractivity contribution in [2.45, 2.75) is 37.9 Å². The summed E-state index contributed by atoms with van der Waals surface area (Å²) in [4.78, 5) is 11.9. The van der Waals surface area contributed by atoms with Crippen LogP contribution in [0.4, 0.5) is 0 Å². The van der Waals surface area contributed by atoms with Crippen LogP contribution in [0.3, 0.4) is 0 Å². The van der Waals surface area contributed by atoms with E-state index in [0.29, 0.717) is 18.5 Å². The van der Waals surface area contributed by atoms with Gasteiger partial charge in [-0.1, -0.05) is 0 Å². The van der Waals surface area contributed by atoms with Gasteiger partial charge in [-0.05, 0) is 37.3 Å². The fraction of sp³-hybridized carbons (Fsp3) is 0.583. The molecular formula is C12H16N2O2. The quantitative estimate of drug-likeness (QED) is 0.800. The number of carbonyl (C=O) groups excluding carboxylic acids is 1.